The van der Waals surface area contributed by atoms with Crippen molar-refractivity contribution in [2.24, 2.45) is 46.3 Å². The number of aliphatic hydroxyl groups is 1. The summed E-state index contributed by atoms with van der Waals surface area (Å²) >= 11 is 0. The van der Waals surface area contributed by atoms with Crippen LogP contribution in [0.25, 0.3) is 0 Å². The smallest absolute Gasteiger partial charge is 0.171 e. The summed E-state index contributed by atoms with van der Waals surface area (Å²) in [5.41, 5.74) is 2.31. The molecule has 0 aromatic heterocycles. The fourth-order valence-corrected chi connectivity index (χ4v) is 9.66. The predicted molar refractivity (Wildman–Crippen MR) is 118 cm³/mol. The molecule has 3 nitrogen and oxygen atoms in total. The van der Waals surface area contributed by atoms with E-state index in [9.17, 15) is 5.11 Å². The molecule has 4 aliphatic carbocycles. The van der Waals surface area contributed by atoms with Crippen molar-refractivity contribution in [2.45, 2.75) is 103 Å². The molecule has 0 bridgehead atoms. The molecule has 0 amide bonds. The van der Waals surface area contributed by atoms with Crippen LogP contribution >= 0.6 is 0 Å². The first-order chi connectivity index (χ1) is 14.3. The Balaban J connectivity index is 1.28. The summed E-state index contributed by atoms with van der Waals surface area (Å²) in [4.78, 5) is 0. The maximum Gasteiger partial charge on any atom is 0.171 e. The number of allylic oxidation sites excluding steroid dienone is 1. The Morgan fingerprint density at radius 1 is 1.03 bits per heavy atom. The van der Waals surface area contributed by atoms with E-state index in [0.717, 1.165) is 43.6 Å². The maximum absolute atomic E-state index is 10.3. The summed E-state index contributed by atoms with van der Waals surface area (Å²) in [6.07, 6.45) is 13.5. The van der Waals surface area contributed by atoms with Crippen LogP contribution in [0.2, 0.25) is 0 Å². The Morgan fingerprint density at radius 2 is 1.87 bits per heavy atom. The van der Waals surface area contributed by atoms with Crippen molar-refractivity contribution in [1.82, 2.24) is 0 Å². The second kappa shape index (κ2) is 6.58. The summed E-state index contributed by atoms with van der Waals surface area (Å²) in [7, 11) is 0. The van der Waals surface area contributed by atoms with E-state index in [1.807, 2.05) is 0 Å². The highest BCUT2D eigenvalue weighted by molar-refractivity contribution is 5.26. The zero-order valence-corrected chi connectivity index (χ0v) is 19.5. The Morgan fingerprint density at radius 3 is 2.63 bits per heavy atom. The minimum absolute atomic E-state index is 0.107. The van der Waals surface area contributed by atoms with E-state index in [-0.39, 0.29) is 11.9 Å². The van der Waals surface area contributed by atoms with Gasteiger partial charge in [0.25, 0.3) is 0 Å². The van der Waals surface area contributed by atoms with Crippen molar-refractivity contribution in [1.29, 1.82) is 0 Å². The molecule has 0 aromatic carbocycles. The predicted octanol–water partition coefficient (Wildman–Crippen LogP) is 5.71. The summed E-state index contributed by atoms with van der Waals surface area (Å²) in [6.45, 7) is 10.8. The Labute approximate surface area is 183 Å². The van der Waals surface area contributed by atoms with E-state index in [4.69, 9.17) is 9.47 Å². The highest BCUT2D eigenvalue weighted by Gasteiger charge is 2.68. The van der Waals surface area contributed by atoms with Crippen molar-refractivity contribution in [2.75, 3.05) is 6.61 Å². The maximum atomic E-state index is 10.3. The average Bonchev–Trinajstić information content (AvgIpc) is 3.16. The number of fused-ring (bicyclic) bond motifs is 7. The van der Waals surface area contributed by atoms with Crippen LogP contribution in [0.15, 0.2) is 11.6 Å². The van der Waals surface area contributed by atoms with Crippen LogP contribution in [-0.2, 0) is 9.47 Å². The molecule has 0 radical (unpaired) electrons. The van der Waals surface area contributed by atoms with Crippen LogP contribution < -0.4 is 0 Å². The van der Waals surface area contributed by atoms with Gasteiger partial charge in [-0.3, -0.25) is 0 Å². The largest absolute Gasteiger partial charge is 0.393 e. The highest BCUT2D eigenvalue weighted by Crippen LogP contribution is 2.70. The molecule has 0 aromatic rings. The number of rotatable bonds is 0. The molecule has 1 spiro atoms. The molecule has 2 heterocycles. The van der Waals surface area contributed by atoms with Crippen LogP contribution in [0.4, 0.5) is 0 Å². The van der Waals surface area contributed by atoms with E-state index >= 15 is 0 Å². The fraction of sp³-hybridized carbons (Fsp3) is 0.926. The number of ether oxygens (including phenoxy) is 2. The summed E-state index contributed by atoms with van der Waals surface area (Å²) in [5, 5.41) is 10.3. The lowest BCUT2D eigenvalue weighted by Crippen LogP contribution is -2.52. The minimum atomic E-state index is -0.294. The number of aliphatic hydroxyl groups excluding tert-OH is 1. The molecular formula is C27H42O3. The average molecular weight is 415 g/mol. The van der Waals surface area contributed by atoms with E-state index in [2.05, 4.69) is 33.8 Å². The molecule has 3 heteroatoms. The van der Waals surface area contributed by atoms with Gasteiger partial charge < -0.3 is 14.6 Å². The van der Waals surface area contributed by atoms with Crippen LogP contribution in [0.5, 0.6) is 0 Å². The first kappa shape index (κ1) is 20.2. The number of hydrogen-bond acceptors (Lipinski definition) is 3. The van der Waals surface area contributed by atoms with Crippen molar-refractivity contribution in [3.05, 3.63) is 11.6 Å². The van der Waals surface area contributed by atoms with E-state index in [1.165, 1.54) is 38.5 Å². The Kier molecular flexibility index (Phi) is 4.44. The topological polar surface area (TPSA) is 38.7 Å². The second-order valence-corrected chi connectivity index (χ2v) is 12.7. The van der Waals surface area contributed by atoms with E-state index in [0.29, 0.717) is 34.7 Å². The number of hydrogen-bond donors (Lipinski definition) is 1. The minimum Gasteiger partial charge on any atom is -0.393 e. The third-order valence-electron chi connectivity index (χ3n) is 11.3. The zero-order chi connectivity index (χ0) is 20.9. The molecule has 2 saturated heterocycles. The second-order valence-electron chi connectivity index (χ2n) is 12.7. The lowest BCUT2D eigenvalue weighted by atomic mass is 9.47. The summed E-state index contributed by atoms with van der Waals surface area (Å²) in [6, 6.07) is 0. The molecular weight excluding hydrogens is 372 g/mol. The van der Waals surface area contributed by atoms with Crippen LogP contribution in [0, 0.1) is 46.3 Å². The Hall–Kier alpha value is -0.380. The van der Waals surface area contributed by atoms with Crippen molar-refractivity contribution < 1.29 is 14.6 Å². The monoisotopic (exact) mass is 414 g/mol. The first-order valence-corrected chi connectivity index (χ1v) is 13.0. The first-order valence-electron chi connectivity index (χ1n) is 13.0. The van der Waals surface area contributed by atoms with E-state index < -0.39 is 0 Å². The lowest BCUT2D eigenvalue weighted by Gasteiger charge is -2.58. The molecule has 11 atom stereocenters. The molecule has 2 unspecified atom stereocenters. The van der Waals surface area contributed by atoms with Crippen molar-refractivity contribution in [3.63, 3.8) is 0 Å². The van der Waals surface area contributed by atoms with Crippen LogP contribution in [-0.4, -0.2) is 29.7 Å². The van der Waals surface area contributed by atoms with E-state index in [1.54, 1.807) is 5.57 Å². The molecule has 3 saturated carbocycles. The molecule has 5 fully saturated rings. The SMILES string of the molecule is C[C@H]1CC[C@@]2(OC1)OC1C[C@H]3[C@@H]4CC=C5C[C@@H](O)CC[C@]5(C)[C@H]4CC[C@]3(C)C1[C@@H]2C. The molecule has 1 N–H and O–H groups in total. The molecule has 2 aliphatic heterocycles. The van der Waals surface area contributed by atoms with Crippen LogP contribution in [0.1, 0.15) is 85.5 Å². The van der Waals surface area contributed by atoms with Gasteiger partial charge in [0.2, 0.25) is 0 Å². The van der Waals surface area contributed by atoms with Gasteiger partial charge in [0, 0.05) is 12.3 Å². The van der Waals surface area contributed by atoms with Gasteiger partial charge in [-0.2, -0.15) is 0 Å². The van der Waals surface area contributed by atoms with Gasteiger partial charge >= 0.3 is 0 Å². The highest BCUT2D eigenvalue weighted by atomic mass is 16.7. The lowest BCUT2D eigenvalue weighted by molar-refractivity contribution is -0.272. The standard InChI is InChI=1S/C27H42O3/c1-16-7-12-27(29-15-16)17(2)24-23(30-27)14-22-20-6-5-18-13-19(28)8-10-25(18,3)21(20)9-11-26(22,24)4/h5,16-17,19-24,28H,6-15H2,1-4H3/t16-,17-,19-,20+,21-,22-,23?,24?,25-,26-,27+/m0/s1. The van der Waals surface area contributed by atoms with Gasteiger partial charge in [-0.1, -0.05) is 39.3 Å². The van der Waals surface area contributed by atoms with Gasteiger partial charge in [-0.05, 0) is 91.8 Å². The fourth-order valence-electron chi connectivity index (χ4n) is 9.66. The van der Waals surface area contributed by atoms with Gasteiger partial charge in [0.15, 0.2) is 5.79 Å². The van der Waals surface area contributed by atoms with Crippen molar-refractivity contribution >= 4 is 0 Å². The molecule has 6 rings (SSSR count). The quantitative estimate of drug-likeness (QED) is 0.516. The third-order valence-corrected chi connectivity index (χ3v) is 11.3. The van der Waals surface area contributed by atoms with Gasteiger partial charge in [0.1, 0.15) is 0 Å². The van der Waals surface area contributed by atoms with Crippen molar-refractivity contribution in [3.8, 4) is 0 Å². The van der Waals surface area contributed by atoms with Crippen LogP contribution in [0.3, 0.4) is 0 Å². The molecule has 30 heavy (non-hydrogen) atoms. The van der Waals surface area contributed by atoms with Gasteiger partial charge in [-0.25, -0.2) is 0 Å². The van der Waals surface area contributed by atoms with Gasteiger partial charge in [-0.15, -0.1) is 0 Å². The normalized spacial score (nSPS) is 59.8. The third kappa shape index (κ3) is 2.55. The Bertz CT molecular complexity index is 736. The van der Waals surface area contributed by atoms with Gasteiger partial charge in [0.05, 0.1) is 18.8 Å². The zero-order valence-electron chi connectivity index (χ0n) is 19.5. The summed E-state index contributed by atoms with van der Waals surface area (Å²) < 4.78 is 13.3. The summed E-state index contributed by atoms with van der Waals surface area (Å²) in [5.74, 6) is 3.94. The molecule has 168 valence electrons. The molecule has 6 aliphatic rings.